The monoisotopic (exact) mass is 299 g/mol. The number of piperidine rings is 1. The van der Waals surface area contributed by atoms with Crippen LogP contribution in [0.5, 0.6) is 0 Å². The van der Waals surface area contributed by atoms with Gasteiger partial charge in [0, 0.05) is 25.7 Å². The lowest BCUT2D eigenvalue weighted by Gasteiger charge is -2.24. The molecule has 1 heterocycles. The van der Waals surface area contributed by atoms with Crippen molar-refractivity contribution in [3.05, 3.63) is 0 Å². The first kappa shape index (κ1) is 20.3. The standard InChI is InChI=1S/C12H25N3O.2ClH/c1-10(2)15(3)8-7-14-12(16)11-5-4-6-13-9-11;;/h10-11,13H,4-9H2,1-3H3,(H,14,16);2*1H/t11-;;/m1../s1. The van der Waals surface area contributed by atoms with Crippen LogP contribution in [0, 0.1) is 5.92 Å². The predicted molar refractivity (Wildman–Crippen MR) is 80.9 cm³/mol. The molecule has 0 spiro atoms. The molecule has 1 aliphatic rings. The zero-order chi connectivity index (χ0) is 12.0. The summed E-state index contributed by atoms with van der Waals surface area (Å²) < 4.78 is 0. The highest BCUT2D eigenvalue weighted by Gasteiger charge is 2.20. The van der Waals surface area contributed by atoms with E-state index < -0.39 is 0 Å². The average Bonchev–Trinajstić information content (AvgIpc) is 2.29. The van der Waals surface area contributed by atoms with Crippen molar-refractivity contribution in [2.75, 3.05) is 33.2 Å². The van der Waals surface area contributed by atoms with Gasteiger partial charge in [0.2, 0.25) is 5.91 Å². The van der Waals surface area contributed by atoms with E-state index in [1.807, 2.05) is 0 Å². The van der Waals surface area contributed by atoms with Crippen LogP contribution in [0.4, 0.5) is 0 Å². The van der Waals surface area contributed by atoms with Crippen LogP contribution in [-0.4, -0.2) is 50.1 Å². The molecule has 0 aromatic carbocycles. The highest BCUT2D eigenvalue weighted by molar-refractivity contribution is 5.85. The predicted octanol–water partition coefficient (Wildman–Crippen LogP) is 1.29. The zero-order valence-electron chi connectivity index (χ0n) is 11.6. The van der Waals surface area contributed by atoms with E-state index in [0.29, 0.717) is 6.04 Å². The third-order valence-electron chi connectivity index (χ3n) is 3.31. The number of nitrogens with zero attached hydrogens (tertiary/aromatic N) is 1. The van der Waals surface area contributed by atoms with Crippen molar-refractivity contribution >= 4 is 30.7 Å². The number of halogens is 2. The molecule has 1 fully saturated rings. The Labute approximate surface area is 123 Å². The van der Waals surface area contributed by atoms with Crippen molar-refractivity contribution in [1.29, 1.82) is 0 Å². The molecular weight excluding hydrogens is 273 g/mol. The molecule has 0 aromatic heterocycles. The summed E-state index contributed by atoms with van der Waals surface area (Å²) in [5.41, 5.74) is 0. The molecule has 0 aliphatic carbocycles. The number of rotatable bonds is 5. The molecule has 0 aromatic rings. The van der Waals surface area contributed by atoms with E-state index in [-0.39, 0.29) is 36.6 Å². The Morgan fingerprint density at radius 3 is 2.61 bits per heavy atom. The van der Waals surface area contributed by atoms with Gasteiger partial charge in [-0.15, -0.1) is 24.8 Å². The van der Waals surface area contributed by atoms with Crippen LogP contribution in [0.15, 0.2) is 0 Å². The fraction of sp³-hybridized carbons (Fsp3) is 0.917. The third kappa shape index (κ3) is 7.41. The summed E-state index contributed by atoms with van der Waals surface area (Å²) in [7, 11) is 2.08. The minimum absolute atomic E-state index is 0. The Bertz CT molecular complexity index is 221. The van der Waals surface area contributed by atoms with Crippen LogP contribution in [0.25, 0.3) is 0 Å². The van der Waals surface area contributed by atoms with Gasteiger partial charge >= 0.3 is 0 Å². The van der Waals surface area contributed by atoms with Crippen LogP contribution in [0.3, 0.4) is 0 Å². The molecule has 1 saturated heterocycles. The first-order valence-corrected chi connectivity index (χ1v) is 6.30. The minimum atomic E-state index is 0. The zero-order valence-corrected chi connectivity index (χ0v) is 13.2. The normalized spacial score (nSPS) is 19.1. The maximum atomic E-state index is 11.8. The van der Waals surface area contributed by atoms with Gasteiger partial charge in [0.1, 0.15) is 0 Å². The number of hydrogen-bond donors (Lipinski definition) is 2. The average molecular weight is 300 g/mol. The van der Waals surface area contributed by atoms with Gasteiger partial charge in [0.05, 0.1) is 5.92 Å². The van der Waals surface area contributed by atoms with E-state index in [0.717, 1.165) is 39.0 Å². The lowest BCUT2D eigenvalue weighted by Crippen LogP contribution is -2.43. The first-order valence-electron chi connectivity index (χ1n) is 6.30. The van der Waals surface area contributed by atoms with E-state index in [1.165, 1.54) is 0 Å². The van der Waals surface area contributed by atoms with Crippen LogP contribution in [0.2, 0.25) is 0 Å². The van der Waals surface area contributed by atoms with E-state index in [4.69, 9.17) is 0 Å². The van der Waals surface area contributed by atoms with Crippen LogP contribution >= 0.6 is 24.8 Å². The van der Waals surface area contributed by atoms with Gasteiger partial charge in [-0.25, -0.2) is 0 Å². The lowest BCUT2D eigenvalue weighted by molar-refractivity contribution is -0.125. The number of nitrogens with one attached hydrogen (secondary N) is 2. The quantitative estimate of drug-likeness (QED) is 0.804. The topological polar surface area (TPSA) is 44.4 Å². The molecule has 6 heteroatoms. The summed E-state index contributed by atoms with van der Waals surface area (Å²) in [4.78, 5) is 14.0. The molecule has 2 N–H and O–H groups in total. The number of amides is 1. The van der Waals surface area contributed by atoms with Gasteiger partial charge in [-0.3, -0.25) is 4.79 Å². The largest absolute Gasteiger partial charge is 0.355 e. The molecule has 1 rings (SSSR count). The molecule has 0 saturated carbocycles. The summed E-state index contributed by atoms with van der Waals surface area (Å²) in [6, 6.07) is 0.535. The molecule has 1 aliphatic heterocycles. The number of likely N-dealkylation sites (N-methyl/N-ethyl adjacent to an activating group) is 1. The molecule has 0 radical (unpaired) electrons. The number of carbonyl (C=O) groups excluding carboxylic acids is 1. The lowest BCUT2D eigenvalue weighted by atomic mass is 9.99. The SMILES string of the molecule is CC(C)N(C)CCNC(=O)[C@@H]1CCCNC1.Cl.Cl. The summed E-state index contributed by atoms with van der Waals surface area (Å²) >= 11 is 0. The Morgan fingerprint density at radius 2 is 2.11 bits per heavy atom. The molecule has 18 heavy (non-hydrogen) atoms. The van der Waals surface area contributed by atoms with Crippen LogP contribution < -0.4 is 10.6 Å². The van der Waals surface area contributed by atoms with Crippen LogP contribution in [0.1, 0.15) is 26.7 Å². The van der Waals surface area contributed by atoms with Gasteiger partial charge in [-0.05, 0) is 40.3 Å². The fourth-order valence-electron chi connectivity index (χ4n) is 1.83. The van der Waals surface area contributed by atoms with Crippen molar-refractivity contribution in [3.8, 4) is 0 Å². The highest BCUT2D eigenvalue weighted by atomic mass is 35.5. The van der Waals surface area contributed by atoms with Gasteiger partial charge in [0.15, 0.2) is 0 Å². The third-order valence-corrected chi connectivity index (χ3v) is 3.31. The van der Waals surface area contributed by atoms with Crippen molar-refractivity contribution in [1.82, 2.24) is 15.5 Å². The fourth-order valence-corrected chi connectivity index (χ4v) is 1.83. The molecule has 0 unspecified atom stereocenters. The number of hydrogen-bond acceptors (Lipinski definition) is 3. The Balaban J connectivity index is 0. The molecule has 0 bridgehead atoms. The second kappa shape index (κ2) is 10.9. The van der Waals surface area contributed by atoms with E-state index in [1.54, 1.807) is 0 Å². The molecule has 1 atom stereocenters. The Kier molecular flexibility index (Phi) is 12.2. The second-order valence-corrected chi connectivity index (χ2v) is 4.91. The van der Waals surface area contributed by atoms with Gasteiger partial charge in [-0.2, -0.15) is 0 Å². The number of carbonyl (C=O) groups is 1. The summed E-state index contributed by atoms with van der Waals surface area (Å²) in [6.45, 7) is 7.89. The van der Waals surface area contributed by atoms with E-state index in [2.05, 4.69) is 36.4 Å². The van der Waals surface area contributed by atoms with E-state index >= 15 is 0 Å². The molecular formula is C12H27Cl2N3O. The molecule has 1 amide bonds. The second-order valence-electron chi connectivity index (χ2n) is 4.91. The summed E-state index contributed by atoms with van der Waals surface area (Å²) in [5, 5.41) is 6.28. The molecule has 4 nitrogen and oxygen atoms in total. The highest BCUT2D eigenvalue weighted by Crippen LogP contribution is 2.09. The van der Waals surface area contributed by atoms with Gasteiger partial charge < -0.3 is 15.5 Å². The summed E-state index contributed by atoms with van der Waals surface area (Å²) in [5.74, 6) is 0.391. The van der Waals surface area contributed by atoms with Gasteiger partial charge in [-0.1, -0.05) is 0 Å². The van der Waals surface area contributed by atoms with Crippen molar-refractivity contribution < 1.29 is 4.79 Å². The Morgan fingerprint density at radius 1 is 1.44 bits per heavy atom. The van der Waals surface area contributed by atoms with Crippen molar-refractivity contribution in [2.24, 2.45) is 5.92 Å². The van der Waals surface area contributed by atoms with Crippen LogP contribution in [-0.2, 0) is 4.79 Å². The van der Waals surface area contributed by atoms with Crippen molar-refractivity contribution in [3.63, 3.8) is 0 Å². The maximum absolute atomic E-state index is 11.8. The minimum Gasteiger partial charge on any atom is -0.355 e. The van der Waals surface area contributed by atoms with Gasteiger partial charge in [0.25, 0.3) is 0 Å². The summed E-state index contributed by atoms with van der Waals surface area (Å²) in [6.07, 6.45) is 2.14. The molecule has 110 valence electrons. The van der Waals surface area contributed by atoms with Crippen molar-refractivity contribution in [2.45, 2.75) is 32.7 Å². The Hall–Kier alpha value is -0.0300. The maximum Gasteiger partial charge on any atom is 0.224 e. The smallest absolute Gasteiger partial charge is 0.224 e. The first-order chi connectivity index (χ1) is 7.61. The van der Waals surface area contributed by atoms with E-state index in [9.17, 15) is 4.79 Å².